The highest BCUT2D eigenvalue weighted by Gasteiger charge is 2.23. The van der Waals surface area contributed by atoms with Crippen LogP contribution in [0.4, 0.5) is 0 Å². The summed E-state index contributed by atoms with van der Waals surface area (Å²) in [6.45, 7) is 0.968. The molecule has 2 aliphatic rings. The molecule has 0 bridgehead atoms. The number of hydrogen-bond donors (Lipinski definition) is 1. The van der Waals surface area contributed by atoms with E-state index < -0.39 is 0 Å². The Morgan fingerprint density at radius 2 is 1.50 bits per heavy atom. The van der Waals surface area contributed by atoms with Gasteiger partial charge in [0.25, 0.3) is 0 Å². The SMILES string of the molecule is COC[C@H]1CC[C@H](NC2CCCCC2)CC1. The molecule has 0 spiro atoms. The van der Waals surface area contributed by atoms with Crippen molar-refractivity contribution in [2.45, 2.75) is 69.9 Å². The average Bonchev–Trinajstić information content (AvgIpc) is 2.33. The van der Waals surface area contributed by atoms with Gasteiger partial charge in [-0.25, -0.2) is 0 Å². The molecule has 2 rings (SSSR count). The van der Waals surface area contributed by atoms with E-state index in [1.165, 1.54) is 57.8 Å². The fraction of sp³-hybridized carbons (Fsp3) is 1.00. The first kappa shape index (κ1) is 12.4. The Morgan fingerprint density at radius 1 is 0.875 bits per heavy atom. The summed E-state index contributed by atoms with van der Waals surface area (Å²) in [5.74, 6) is 0.828. The molecule has 16 heavy (non-hydrogen) atoms. The van der Waals surface area contributed by atoms with Gasteiger partial charge in [0, 0.05) is 25.8 Å². The lowest BCUT2D eigenvalue weighted by Crippen LogP contribution is -2.41. The van der Waals surface area contributed by atoms with Crippen LogP contribution in [0, 0.1) is 5.92 Å². The lowest BCUT2D eigenvalue weighted by molar-refractivity contribution is 0.121. The summed E-state index contributed by atoms with van der Waals surface area (Å²) in [5.41, 5.74) is 0. The summed E-state index contributed by atoms with van der Waals surface area (Å²) in [6, 6.07) is 1.63. The lowest BCUT2D eigenvalue weighted by Gasteiger charge is -2.33. The van der Waals surface area contributed by atoms with Crippen LogP contribution in [0.25, 0.3) is 0 Å². The van der Waals surface area contributed by atoms with E-state index in [0.29, 0.717) is 0 Å². The van der Waals surface area contributed by atoms with Crippen molar-refractivity contribution >= 4 is 0 Å². The molecule has 0 unspecified atom stereocenters. The third kappa shape index (κ3) is 3.74. The van der Waals surface area contributed by atoms with Crippen LogP contribution in [-0.2, 0) is 4.74 Å². The molecule has 2 saturated carbocycles. The van der Waals surface area contributed by atoms with E-state index in [-0.39, 0.29) is 0 Å². The summed E-state index contributed by atoms with van der Waals surface area (Å²) >= 11 is 0. The van der Waals surface area contributed by atoms with Crippen LogP contribution in [0.2, 0.25) is 0 Å². The van der Waals surface area contributed by atoms with Crippen LogP contribution in [0.3, 0.4) is 0 Å². The van der Waals surface area contributed by atoms with Gasteiger partial charge in [0.2, 0.25) is 0 Å². The summed E-state index contributed by atoms with van der Waals surface area (Å²) in [6.07, 6.45) is 12.6. The van der Waals surface area contributed by atoms with Crippen LogP contribution in [0.5, 0.6) is 0 Å². The lowest BCUT2D eigenvalue weighted by atomic mass is 9.85. The Hall–Kier alpha value is -0.0800. The number of methoxy groups -OCH3 is 1. The van der Waals surface area contributed by atoms with Crippen LogP contribution >= 0.6 is 0 Å². The minimum atomic E-state index is 0.802. The first-order valence-corrected chi connectivity index (χ1v) is 7.13. The van der Waals surface area contributed by atoms with E-state index in [9.17, 15) is 0 Å². The molecule has 0 atom stereocenters. The van der Waals surface area contributed by atoms with Crippen molar-refractivity contribution in [3.63, 3.8) is 0 Å². The second-order valence-corrected chi connectivity index (χ2v) is 5.67. The Morgan fingerprint density at radius 3 is 2.12 bits per heavy atom. The van der Waals surface area contributed by atoms with Gasteiger partial charge in [0.1, 0.15) is 0 Å². The zero-order valence-electron chi connectivity index (χ0n) is 10.7. The van der Waals surface area contributed by atoms with E-state index in [4.69, 9.17) is 4.74 Å². The van der Waals surface area contributed by atoms with Crippen LogP contribution in [0.15, 0.2) is 0 Å². The Bertz CT molecular complexity index is 181. The molecule has 0 aromatic rings. The summed E-state index contributed by atoms with van der Waals surface area (Å²) in [4.78, 5) is 0. The molecule has 2 heteroatoms. The number of nitrogens with one attached hydrogen (secondary N) is 1. The highest BCUT2D eigenvalue weighted by Crippen LogP contribution is 2.26. The van der Waals surface area contributed by atoms with E-state index in [2.05, 4.69) is 5.32 Å². The molecule has 0 heterocycles. The molecule has 1 N–H and O–H groups in total. The molecule has 0 saturated heterocycles. The summed E-state index contributed by atoms with van der Waals surface area (Å²) in [7, 11) is 1.83. The fourth-order valence-corrected chi connectivity index (χ4v) is 3.33. The van der Waals surface area contributed by atoms with Gasteiger partial charge in [-0.05, 0) is 44.4 Å². The Labute approximate surface area is 100 Å². The van der Waals surface area contributed by atoms with Crippen molar-refractivity contribution in [3.8, 4) is 0 Å². The van der Waals surface area contributed by atoms with Crippen LogP contribution in [0.1, 0.15) is 57.8 Å². The maximum absolute atomic E-state index is 5.25. The second kappa shape index (κ2) is 6.61. The predicted octanol–water partition coefficient (Wildman–Crippen LogP) is 3.11. The van der Waals surface area contributed by atoms with E-state index in [1.54, 1.807) is 0 Å². The maximum Gasteiger partial charge on any atom is 0.0490 e. The van der Waals surface area contributed by atoms with Gasteiger partial charge in [0.15, 0.2) is 0 Å². The second-order valence-electron chi connectivity index (χ2n) is 5.67. The quantitative estimate of drug-likeness (QED) is 0.794. The molecule has 94 valence electrons. The Balaban J connectivity index is 1.64. The molecule has 0 radical (unpaired) electrons. The van der Waals surface area contributed by atoms with Gasteiger partial charge in [-0.15, -0.1) is 0 Å². The molecule has 2 fully saturated rings. The van der Waals surface area contributed by atoms with Crippen molar-refractivity contribution in [2.24, 2.45) is 5.92 Å². The van der Waals surface area contributed by atoms with Crippen molar-refractivity contribution in [2.75, 3.05) is 13.7 Å². The van der Waals surface area contributed by atoms with Gasteiger partial charge >= 0.3 is 0 Å². The number of hydrogen-bond acceptors (Lipinski definition) is 2. The van der Waals surface area contributed by atoms with E-state index in [1.807, 2.05) is 7.11 Å². The van der Waals surface area contributed by atoms with Crippen molar-refractivity contribution in [1.29, 1.82) is 0 Å². The van der Waals surface area contributed by atoms with Crippen molar-refractivity contribution < 1.29 is 4.74 Å². The third-order valence-corrected chi connectivity index (χ3v) is 4.33. The Kier molecular flexibility index (Phi) is 5.11. The topological polar surface area (TPSA) is 21.3 Å². The highest BCUT2D eigenvalue weighted by molar-refractivity contribution is 4.81. The molecule has 0 amide bonds. The van der Waals surface area contributed by atoms with Gasteiger partial charge in [-0.1, -0.05) is 19.3 Å². The minimum Gasteiger partial charge on any atom is -0.384 e. The summed E-state index contributed by atoms with van der Waals surface area (Å²) in [5, 5.41) is 3.88. The normalized spacial score (nSPS) is 32.8. The monoisotopic (exact) mass is 225 g/mol. The van der Waals surface area contributed by atoms with Gasteiger partial charge < -0.3 is 10.1 Å². The number of rotatable bonds is 4. The van der Waals surface area contributed by atoms with Crippen molar-refractivity contribution in [1.82, 2.24) is 5.32 Å². The van der Waals surface area contributed by atoms with Gasteiger partial charge in [-0.2, -0.15) is 0 Å². The fourth-order valence-electron chi connectivity index (χ4n) is 3.33. The van der Waals surface area contributed by atoms with E-state index in [0.717, 1.165) is 24.6 Å². The van der Waals surface area contributed by atoms with Crippen LogP contribution < -0.4 is 5.32 Å². The van der Waals surface area contributed by atoms with Crippen LogP contribution in [-0.4, -0.2) is 25.8 Å². The molecule has 0 aliphatic heterocycles. The molecule has 0 aromatic carbocycles. The van der Waals surface area contributed by atoms with E-state index >= 15 is 0 Å². The first-order chi connectivity index (χ1) is 7.88. The number of ether oxygens (including phenoxy) is 1. The molecular formula is C14H27NO. The highest BCUT2D eigenvalue weighted by atomic mass is 16.5. The van der Waals surface area contributed by atoms with Crippen molar-refractivity contribution in [3.05, 3.63) is 0 Å². The largest absolute Gasteiger partial charge is 0.384 e. The molecule has 2 aliphatic carbocycles. The minimum absolute atomic E-state index is 0.802. The smallest absolute Gasteiger partial charge is 0.0490 e. The predicted molar refractivity (Wildman–Crippen MR) is 67.6 cm³/mol. The average molecular weight is 225 g/mol. The first-order valence-electron chi connectivity index (χ1n) is 7.13. The standard InChI is InChI=1S/C14H27NO/c1-16-11-12-7-9-14(10-8-12)15-13-5-3-2-4-6-13/h12-15H,2-11H2,1H3/t12-,14-. The third-order valence-electron chi connectivity index (χ3n) is 4.33. The van der Waals surface area contributed by atoms with Gasteiger partial charge in [-0.3, -0.25) is 0 Å². The maximum atomic E-state index is 5.25. The molecule has 2 nitrogen and oxygen atoms in total. The van der Waals surface area contributed by atoms with Gasteiger partial charge in [0.05, 0.1) is 0 Å². The zero-order chi connectivity index (χ0) is 11.2. The molecule has 0 aromatic heterocycles. The molecular weight excluding hydrogens is 198 g/mol. The zero-order valence-corrected chi connectivity index (χ0v) is 10.7. The summed E-state index contributed by atoms with van der Waals surface area (Å²) < 4.78 is 5.25.